The van der Waals surface area contributed by atoms with E-state index in [1.54, 1.807) is 0 Å². The van der Waals surface area contributed by atoms with Gasteiger partial charge in [0, 0.05) is 10.1 Å². The van der Waals surface area contributed by atoms with Crippen LogP contribution >= 0.6 is 11.3 Å². The maximum absolute atomic E-state index is 5.74. The molecule has 1 aliphatic rings. The van der Waals surface area contributed by atoms with Crippen LogP contribution in [0.5, 0.6) is 0 Å². The Kier molecular flexibility index (Phi) is 7.28. The van der Waals surface area contributed by atoms with Crippen LogP contribution in [0.3, 0.4) is 0 Å². The van der Waals surface area contributed by atoms with Gasteiger partial charge in [-0.15, -0.1) is 0 Å². The van der Waals surface area contributed by atoms with Crippen molar-refractivity contribution >= 4 is 84.3 Å². The Morgan fingerprint density at radius 1 is 0.439 bits per heavy atom. The summed E-state index contributed by atoms with van der Waals surface area (Å²) in [5.74, 6) is 0.753. The van der Waals surface area contributed by atoms with E-state index in [1.165, 1.54) is 70.8 Å². The first-order valence-electron chi connectivity index (χ1n) is 19.4. The molecule has 0 aliphatic carbocycles. The summed E-state index contributed by atoms with van der Waals surface area (Å²) >= 11 is -1.77. The van der Waals surface area contributed by atoms with E-state index in [0.29, 0.717) is 0 Å². The van der Waals surface area contributed by atoms with Crippen molar-refractivity contribution in [2.45, 2.75) is 0 Å². The van der Waals surface area contributed by atoms with Crippen LogP contribution in [-0.2, 0) is 0 Å². The van der Waals surface area contributed by atoms with Crippen LogP contribution in [-0.4, -0.2) is 27.8 Å². The summed E-state index contributed by atoms with van der Waals surface area (Å²) < 4.78 is 10.4. The Balaban J connectivity index is 1.09. The van der Waals surface area contributed by atoms with E-state index in [2.05, 4.69) is 205 Å². The normalized spacial score (nSPS) is 13.1. The summed E-state index contributed by atoms with van der Waals surface area (Å²) in [7, 11) is 0. The van der Waals surface area contributed by atoms with Gasteiger partial charge in [-0.2, -0.15) is 0 Å². The summed E-state index contributed by atoms with van der Waals surface area (Å²) in [4.78, 5) is 11.2. The van der Waals surface area contributed by atoms with Gasteiger partial charge in [-0.25, -0.2) is 0 Å². The maximum atomic E-state index is 5.74. The molecule has 12 rings (SSSR count). The van der Waals surface area contributed by atoms with Crippen molar-refractivity contribution in [3.8, 4) is 39.5 Å². The summed E-state index contributed by atoms with van der Waals surface area (Å²) in [6.07, 6.45) is 0. The fourth-order valence-electron chi connectivity index (χ4n) is 9.43. The Hall–Kier alpha value is -6.60. The first-order chi connectivity index (χ1) is 28.3. The molecule has 0 bridgehead atoms. The average Bonchev–Trinajstić information content (AvgIpc) is 3.92. The van der Waals surface area contributed by atoms with Crippen molar-refractivity contribution in [1.29, 1.82) is 0 Å². The van der Waals surface area contributed by atoms with E-state index in [0.717, 1.165) is 28.3 Å². The first-order valence-corrected chi connectivity index (χ1v) is 24.4. The Morgan fingerprint density at radius 2 is 1.07 bits per heavy atom. The van der Waals surface area contributed by atoms with Gasteiger partial charge in [0.05, 0.1) is 0 Å². The number of rotatable bonds is 5. The second kappa shape index (κ2) is 12.7. The molecular formula is C52H33GeN3S. The summed E-state index contributed by atoms with van der Waals surface area (Å²) in [5.41, 5.74) is 9.03. The molecule has 4 heterocycles. The average molecular weight is 805 g/mol. The van der Waals surface area contributed by atoms with Gasteiger partial charge in [-0.1, -0.05) is 18.2 Å². The molecule has 0 unspecified atom stereocenters. The van der Waals surface area contributed by atoms with Crippen molar-refractivity contribution in [1.82, 2.24) is 14.5 Å². The van der Waals surface area contributed by atoms with Crippen molar-refractivity contribution in [2.75, 3.05) is 0 Å². The molecule has 11 aromatic rings. The molecule has 3 nitrogen and oxygen atoms in total. The van der Waals surface area contributed by atoms with Crippen LogP contribution in [0, 0.1) is 0 Å². The van der Waals surface area contributed by atoms with Gasteiger partial charge in [0.15, 0.2) is 0 Å². The van der Waals surface area contributed by atoms with Gasteiger partial charge in [-0.3, -0.25) is 0 Å². The zero-order valence-electron chi connectivity index (χ0n) is 30.8. The molecule has 0 amide bonds. The van der Waals surface area contributed by atoms with E-state index in [-0.39, 0.29) is 0 Å². The number of nitrogens with zero attached hydrogens (tertiary/aromatic N) is 3. The predicted octanol–water partition coefficient (Wildman–Crippen LogP) is 10.6. The van der Waals surface area contributed by atoms with Gasteiger partial charge in [-0.05, 0) is 6.07 Å². The van der Waals surface area contributed by atoms with Gasteiger partial charge >= 0.3 is 304 Å². The van der Waals surface area contributed by atoms with Gasteiger partial charge in [0.1, 0.15) is 0 Å². The number of fused-ring (bicyclic) bond motifs is 9. The van der Waals surface area contributed by atoms with Gasteiger partial charge in [0.2, 0.25) is 0 Å². The Morgan fingerprint density at radius 3 is 1.82 bits per heavy atom. The predicted molar refractivity (Wildman–Crippen MR) is 243 cm³/mol. The van der Waals surface area contributed by atoms with Crippen molar-refractivity contribution in [3.63, 3.8) is 0 Å². The summed E-state index contributed by atoms with van der Waals surface area (Å²) in [6, 6.07) is 73.2. The van der Waals surface area contributed by atoms with Gasteiger partial charge in [0.25, 0.3) is 0 Å². The first kappa shape index (κ1) is 32.6. The van der Waals surface area contributed by atoms with Gasteiger partial charge < -0.3 is 0 Å². The second-order valence-corrected chi connectivity index (χ2v) is 23.7. The zero-order chi connectivity index (χ0) is 37.5. The number of thiophene rings is 1. The third-order valence-electron chi connectivity index (χ3n) is 11.9. The molecule has 5 heteroatoms. The van der Waals surface area contributed by atoms with E-state index < -0.39 is 13.3 Å². The molecule has 0 saturated carbocycles. The Bertz CT molecular complexity index is 3300. The third-order valence-corrected chi connectivity index (χ3v) is 22.9. The van der Waals surface area contributed by atoms with E-state index >= 15 is 0 Å². The molecule has 0 fully saturated rings. The van der Waals surface area contributed by atoms with Crippen LogP contribution in [0.15, 0.2) is 200 Å². The van der Waals surface area contributed by atoms with E-state index in [4.69, 9.17) is 9.97 Å². The van der Waals surface area contributed by atoms with Crippen LogP contribution in [0.4, 0.5) is 0 Å². The molecule has 3 aromatic heterocycles. The zero-order valence-corrected chi connectivity index (χ0v) is 33.7. The number of benzene rings is 8. The van der Waals surface area contributed by atoms with Crippen LogP contribution in [0.1, 0.15) is 0 Å². The van der Waals surface area contributed by atoms with Crippen LogP contribution in [0.2, 0.25) is 0 Å². The fraction of sp³-hybridized carbons (Fsp3) is 0. The summed E-state index contributed by atoms with van der Waals surface area (Å²) in [5, 5.41) is 5.16. The molecule has 0 radical (unpaired) electrons. The molecule has 0 spiro atoms. The molecule has 1 aliphatic heterocycles. The molecule has 266 valence electrons. The molecule has 8 aromatic carbocycles. The summed E-state index contributed by atoms with van der Waals surface area (Å²) in [6.45, 7) is 0. The topological polar surface area (TPSA) is 30.7 Å². The van der Waals surface area contributed by atoms with Crippen molar-refractivity contribution in [2.24, 2.45) is 0 Å². The molecular weight excluding hydrogens is 771 g/mol. The van der Waals surface area contributed by atoms with Crippen molar-refractivity contribution in [3.05, 3.63) is 200 Å². The molecule has 0 atom stereocenters. The minimum atomic E-state index is -3.64. The fourth-order valence-corrected chi connectivity index (χ4v) is 21.0. The molecule has 57 heavy (non-hydrogen) atoms. The monoisotopic (exact) mass is 805 g/mol. The minimum absolute atomic E-state index is 0.753. The quantitative estimate of drug-likeness (QED) is 0.162. The number of hydrogen-bond donors (Lipinski definition) is 0. The van der Waals surface area contributed by atoms with Crippen molar-refractivity contribution < 1.29 is 0 Å². The van der Waals surface area contributed by atoms with Crippen LogP contribution < -0.4 is 17.7 Å². The molecule has 0 N–H and O–H groups in total. The number of hydrogen-bond acceptors (Lipinski definition) is 3. The van der Waals surface area contributed by atoms with Crippen LogP contribution in [0.25, 0.3) is 81.4 Å². The van der Waals surface area contributed by atoms with E-state index in [9.17, 15) is 0 Å². The standard InChI is InChI=1S/C52H33GeN3S/c1-4-16-34(17-5-1)50-49-41-24-10-13-25-44(41)53(36-18-6-2-7-19-36,37-20-8-3-9-21-37)51(49)55-52(54-50)35-28-30-38(31-29-35)56-45-26-14-11-22-39(45)42-32-43-40-23-12-15-27-47(40)57-48(43)33-46(42)56/h1-33H. The molecule has 0 saturated heterocycles. The second-order valence-electron chi connectivity index (χ2n) is 14.9. The number of para-hydroxylation sites is 1. The van der Waals surface area contributed by atoms with E-state index in [1.807, 2.05) is 11.3 Å². The Labute approximate surface area is 336 Å². The third kappa shape index (κ3) is 4.78. The number of aromatic nitrogens is 3. The SMILES string of the molecule is c1ccc(-c2nc(-c3ccc(-n4c5ccccc5c5cc6c(cc54)sc4ccccc46)cc3)n[c]3c2-c2cccc[c]2[Ge]3([c]2ccccc2)[c]2ccccc2)cc1.